The molecule has 2 N–H and O–H groups in total. The lowest BCUT2D eigenvalue weighted by molar-refractivity contribution is -0.136. The first-order valence-corrected chi connectivity index (χ1v) is 17.8. The van der Waals surface area contributed by atoms with Crippen LogP contribution in [0.4, 0.5) is 0 Å². The summed E-state index contributed by atoms with van der Waals surface area (Å²) in [4.78, 5) is 74.5. The Bertz CT molecular complexity index is 1530. The summed E-state index contributed by atoms with van der Waals surface area (Å²) in [6.07, 6.45) is 2.16. The van der Waals surface area contributed by atoms with Crippen molar-refractivity contribution >= 4 is 29.5 Å². The van der Waals surface area contributed by atoms with Crippen LogP contribution in [0.5, 0.6) is 11.5 Å². The molecule has 14 heteroatoms. The molecule has 2 aromatic rings. The van der Waals surface area contributed by atoms with Crippen LogP contribution in [0.1, 0.15) is 52.8 Å². The highest BCUT2D eigenvalue weighted by Crippen LogP contribution is 2.25. The van der Waals surface area contributed by atoms with Crippen molar-refractivity contribution in [1.29, 1.82) is 0 Å². The first-order valence-electron chi connectivity index (χ1n) is 17.8. The van der Waals surface area contributed by atoms with E-state index < -0.39 is 11.9 Å². The van der Waals surface area contributed by atoms with Crippen molar-refractivity contribution in [2.45, 2.75) is 44.2 Å². The molecule has 2 atom stereocenters. The summed E-state index contributed by atoms with van der Waals surface area (Å²) in [5.74, 6) is -0.792. The SMILES string of the molecule is COCCN1CCN(C(=O)[C@@H]2CCC(=O)N3CCC[C@H]3COc3ccccc3C(=O)N(C)CC(=O)NCCCOc3ccccc3C(=O)N2)CC1. The van der Waals surface area contributed by atoms with Crippen molar-refractivity contribution in [2.24, 2.45) is 0 Å². The van der Waals surface area contributed by atoms with Gasteiger partial charge in [0, 0.05) is 66.4 Å². The lowest BCUT2D eigenvalue weighted by Gasteiger charge is -2.36. The summed E-state index contributed by atoms with van der Waals surface area (Å²) < 4.78 is 17.3. The van der Waals surface area contributed by atoms with E-state index in [2.05, 4.69) is 15.5 Å². The van der Waals surface area contributed by atoms with Gasteiger partial charge in [0.15, 0.2) is 0 Å². The maximum Gasteiger partial charge on any atom is 0.257 e. The maximum atomic E-state index is 14.0. The number of para-hydroxylation sites is 2. The number of carbonyl (C=O) groups is 5. The van der Waals surface area contributed by atoms with Crippen LogP contribution in [0.2, 0.25) is 0 Å². The molecule has 2 saturated heterocycles. The molecule has 3 aliphatic heterocycles. The number of likely N-dealkylation sites (N-methyl/N-ethyl adjacent to an activating group) is 1. The second-order valence-corrected chi connectivity index (χ2v) is 13.1. The average Bonchev–Trinajstić information content (AvgIpc) is 3.63. The molecule has 5 rings (SSSR count). The molecule has 0 saturated carbocycles. The van der Waals surface area contributed by atoms with Crippen molar-refractivity contribution in [3.05, 3.63) is 59.7 Å². The molecule has 0 spiro atoms. The molecule has 3 aliphatic rings. The number of fused-ring (bicyclic) bond motifs is 3. The number of nitrogens with one attached hydrogen (secondary N) is 2. The first-order chi connectivity index (χ1) is 24.7. The van der Waals surface area contributed by atoms with Crippen LogP contribution in [0, 0.1) is 0 Å². The van der Waals surface area contributed by atoms with Crippen LogP contribution < -0.4 is 20.1 Å². The Morgan fingerprint density at radius 3 is 2.33 bits per heavy atom. The van der Waals surface area contributed by atoms with E-state index in [-0.39, 0.29) is 67.8 Å². The zero-order valence-corrected chi connectivity index (χ0v) is 29.6. The van der Waals surface area contributed by atoms with Crippen LogP contribution in [-0.4, -0.2) is 148 Å². The Morgan fingerprint density at radius 1 is 0.882 bits per heavy atom. The summed E-state index contributed by atoms with van der Waals surface area (Å²) >= 11 is 0. The number of rotatable bonds is 4. The van der Waals surface area contributed by atoms with Crippen LogP contribution in [0.3, 0.4) is 0 Å². The van der Waals surface area contributed by atoms with Crippen LogP contribution in [0.15, 0.2) is 48.5 Å². The third kappa shape index (κ3) is 10.2. The van der Waals surface area contributed by atoms with E-state index in [9.17, 15) is 24.0 Å². The smallest absolute Gasteiger partial charge is 0.257 e. The van der Waals surface area contributed by atoms with E-state index in [1.165, 1.54) is 4.90 Å². The predicted molar refractivity (Wildman–Crippen MR) is 189 cm³/mol. The number of piperazine rings is 1. The third-order valence-corrected chi connectivity index (χ3v) is 9.55. The highest BCUT2D eigenvalue weighted by atomic mass is 16.5. The van der Waals surface area contributed by atoms with Crippen molar-refractivity contribution in [3.63, 3.8) is 0 Å². The summed E-state index contributed by atoms with van der Waals surface area (Å²) in [5.41, 5.74) is 0.593. The fourth-order valence-corrected chi connectivity index (χ4v) is 6.64. The molecule has 5 amide bonds. The molecule has 2 aromatic carbocycles. The highest BCUT2D eigenvalue weighted by Gasteiger charge is 2.33. The second-order valence-electron chi connectivity index (χ2n) is 13.1. The van der Waals surface area contributed by atoms with Crippen LogP contribution in [-0.2, 0) is 19.1 Å². The number of methoxy groups -OCH3 is 1. The van der Waals surface area contributed by atoms with Gasteiger partial charge in [-0.1, -0.05) is 24.3 Å². The number of carbonyl (C=O) groups excluding carboxylic acids is 5. The first kappa shape index (κ1) is 37.6. The van der Waals surface area contributed by atoms with Gasteiger partial charge in [-0.15, -0.1) is 0 Å². The summed E-state index contributed by atoms with van der Waals surface area (Å²) in [7, 11) is 3.22. The minimum absolute atomic E-state index is 0.0556. The highest BCUT2D eigenvalue weighted by molar-refractivity contribution is 6.00. The zero-order valence-electron chi connectivity index (χ0n) is 29.6. The molecule has 0 aromatic heterocycles. The molecule has 0 unspecified atom stereocenters. The van der Waals surface area contributed by atoms with E-state index >= 15 is 0 Å². The summed E-state index contributed by atoms with van der Waals surface area (Å²) in [6.45, 7) is 4.86. The average molecular weight is 707 g/mol. The lowest BCUT2D eigenvalue weighted by Crippen LogP contribution is -2.55. The van der Waals surface area contributed by atoms with E-state index in [4.69, 9.17) is 14.2 Å². The fourth-order valence-electron chi connectivity index (χ4n) is 6.64. The standard InChI is InChI=1S/C37H50N6O8/c1-40-25-33(44)38-16-8-23-50-31-12-5-3-10-28(31)35(46)39-30(37(48)42-20-18-41(19-21-42)22-24-49-2)14-15-34(45)43-17-7-9-27(43)26-51-32-13-6-4-11-29(32)36(40)47/h3-6,10-13,27,30H,7-9,14-26H2,1-2H3,(H,38,44)(H,39,46)/t27-,30-/m0/s1. The Kier molecular flexibility index (Phi) is 13.6. The molecule has 0 bridgehead atoms. The number of hydrogen-bond acceptors (Lipinski definition) is 9. The quantitative estimate of drug-likeness (QED) is 0.481. The Hall–Kier alpha value is -4.69. The molecule has 14 nitrogen and oxygen atoms in total. The largest absolute Gasteiger partial charge is 0.493 e. The Balaban J connectivity index is 1.35. The normalized spacial score (nSPS) is 22.1. The van der Waals surface area contributed by atoms with Gasteiger partial charge in [-0.2, -0.15) is 0 Å². The summed E-state index contributed by atoms with van der Waals surface area (Å²) in [6, 6.07) is 12.5. The monoisotopic (exact) mass is 706 g/mol. The van der Waals surface area contributed by atoms with Gasteiger partial charge in [0.25, 0.3) is 11.8 Å². The summed E-state index contributed by atoms with van der Waals surface area (Å²) in [5, 5.41) is 5.75. The lowest BCUT2D eigenvalue weighted by atomic mass is 10.1. The number of ether oxygens (including phenoxy) is 3. The van der Waals surface area contributed by atoms with Gasteiger partial charge in [0.1, 0.15) is 24.1 Å². The van der Waals surface area contributed by atoms with Crippen molar-refractivity contribution < 1.29 is 38.2 Å². The molecule has 276 valence electrons. The molecule has 2 fully saturated rings. The molecular formula is C37H50N6O8. The van der Waals surface area contributed by atoms with E-state index in [1.54, 1.807) is 72.5 Å². The third-order valence-electron chi connectivity index (χ3n) is 9.55. The van der Waals surface area contributed by atoms with E-state index in [1.807, 2.05) is 0 Å². The van der Waals surface area contributed by atoms with Gasteiger partial charge in [-0.05, 0) is 49.9 Å². The zero-order chi connectivity index (χ0) is 36.2. The van der Waals surface area contributed by atoms with Crippen molar-refractivity contribution in [2.75, 3.05) is 86.3 Å². The molecule has 51 heavy (non-hydrogen) atoms. The van der Waals surface area contributed by atoms with Gasteiger partial charge >= 0.3 is 0 Å². The van der Waals surface area contributed by atoms with Gasteiger partial charge < -0.3 is 39.5 Å². The minimum Gasteiger partial charge on any atom is -0.493 e. The number of amides is 5. The molecule has 0 radical (unpaired) electrons. The van der Waals surface area contributed by atoms with E-state index in [0.29, 0.717) is 69.4 Å². The van der Waals surface area contributed by atoms with Crippen LogP contribution >= 0.6 is 0 Å². The number of nitrogens with zero attached hydrogens (tertiary/aromatic N) is 4. The topological polar surface area (TPSA) is 150 Å². The van der Waals surface area contributed by atoms with Crippen molar-refractivity contribution in [3.8, 4) is 11.5 Å². The molecular weight excluding hydrogens is 656 g/mol. The van der Waals surface area contributed by atoms with E-state index in [0.717, 1.165) is 19.4 Å². The van der Waals surface area contributed by atoms with Gasteiger partial charge in [0.2, 0.25) is 17.7 Å². The number of benzene rings is 2. The molecule has 0 aliphatic carbocycles. The van der Waals surface area contributed by atoms with Crippen LogP contribution in [0.25, 0.3) is 0 Å². The maximum absolute atomic E-state index is 14.0. The van der Waals surface area contributed by atoms with Crippen molar-refractivity contribution in [1.82, 2.24) is 30.2 Å². The predicted octanol–water partition coefficient (Wildman–Crippen LogP) is 1.40. The Labute approximate surface area is 299 Å². The number of hydrogen-bond donors (Lipinski definition) is 2. The minimum atomic E-state index is -0.927. The second kappa shape index (κ2) is 18.5. The fraction of sp³-hybridized carbons (Fsp3) is 0.541. The van der Waals surface area contributed by atoms with Gasteiger partial charge in [0.05, 0.1) is 36.9 Å². The van der Waals surface area contributed by atoms with Gasteiger partial charge in [-0.3, -0.25) is 28.9 Å². The molecule has 3 heterocycles. The Morgan fingerprint density at radius 2 is 1.59 bits per heavy atom. The van der Waals surface area contributed by atoms with Gasteiger partial charge in [-0.25, -0.2) is 0 Å².